The standard InChI is InChI=1S/C16H19N3O/c1-4-11-8-13(6-7-15(11)20-3)14-10-18-16(19-14)12(5-2)9-17/h6-8,10,12H,4-5H2,1-3H3,(H,18,19). The van der Waals surface area contributed by atoms with Crippen LogP contribution < -0.4 is 4.74 Å². The van der Waals surface area contributed by atoms with E-state index in [1.54, 1.807) is 13.3 Å². The smallest absolute Gasteiger partial charge is 0.123 e. The van der Waals surface area contributed by atoms with Crippen LogP contribution in [0.1, 0.15) is 37.6 Å². The third-order valence-electron chi connectivity index (χ3n) is 3.46. The minimum atomic E-state index is -0.173. The van der Waals surface area contributed by atoms with Gasteiger partial charge in [-0.05, 0) is 36.6 Å². The van der Waals surface area contributed by atoms with Crippen molar-refractivity contribution in [2.75, 3.05) is 7.11 Å². The summed E-state index contributed by atoms with van der Waals surface area (Å²) in [4.78, 5) is 7.57. The zero-order valence-corrected chi connectivity index (χ0v) is 12.1. The molecule has 1 N–H and O–H groups in total. The Morgan fingerprint density at radius 1 is 1.40 bits per heavy atom. The highest BCUT2D eigenvalue weighted by Crippen LogP contribution is 2.27. The van der Waals surface area contributed by atoms with E-state index in [0.717, 1.165) is 41.2 Å². The first-order valence-electron chi connectivity index (χ1n) is 6.85. The Morgan fingerprint density at radius 3 is 2.80 bits per heavy atom. The summed E-state index contributed by atoms with van der Waals surface area (Å²) in [5, 5.41) is 9.08. The Hall–Kier alpha value is -2.28. The number of imidazole rings is 1. The largest absolute Gasteiger partial charge is 0.496 e. The number of aromatic amines is 1. The van der Waals surface area contributed by atoms with Crippen LogP contribution in [0.5, 0.6) is 5.75 Å². The van der Waals surface area contributed by atoms with Gasteiger partial charge in [0.25, 0.3) is 0 Å². The van der Waals surface area contributed by atoms with Crippen LogP contribution in [0.4, 0.5) is 0 Å². The fourth-order valence-corrected chi connectivity index (χ4v) is 2.23. The lowest BCUT2D eigenvalue weighted by Crippen LogP contribution is -1.96. The number of nitrogens with one attached hydrogen (secondary N) is 1. The highest BCUT2D eigenvalue weighted by atomic mass is 16.5. The molecule has 104 valence electrons. The van der Waals surface area contributed by atoms with Gasteiger partial charge in [-0.25, -0.2) is 4.98 Å². The van der Waals surface area contributed by atoms with Crippen LogP contribution in [-0.2, 0) is 6.42 Å². The van der Waals surface area contributed by atoms with Crippen molar-refractivity contribution >= 4 is 0 Å². The van der Waals surface area contributed by atoms with Gasteiger partial charge in [-0.1, -0.05) is 13.8 Å². The number of hydrogen-bond donors (Lipinski definition) is 1. The molecule has 0 spiro atoms. The number of benzene rings is 1. The topological polar surface area (TPSA) is 61.7 Å². The SMILES string of the molecule is CCc1cc(-c2cnc(C(C#N)CC)[nH]2)ccc1OC. The molecule has 0 aliphatic heterocycles. The van der Waals surface area contributed by atoms with E-state index >= 15 is 0 Å². The molecular formula is C16H19N3O. The fourth-order valence-electron chi connectivity index (χ4n) is 2.23. The highest BCUT2D eigenvalue weighted by molar-refractivity contribution is 5.61. The van der Waals surface area contributed by atoms with Crippen LogP contribution >= 0.6 is 0 Å². The van der Waals surface area contributed by atoms with Gasteiger partial charge >= 0.3 is 0 Å². The first-order valence-corrected chi connectivity index (χ1v) is 6.85. The maximum Gasteiger partial charge on any atom is 0.123 e. The van der Waals surface area contributed by atoms with Gasteiger partial charge in [0.2, 0.25) is 0 Å². The number of aromatic nitrogens is 2. The molecule has 0 radical (unpaired) electrons. The van der Waals surface area contributed by atoms with Gasteiger partial charge in [-0.15, -0.1) is 0 Å². The van der Waals surface area contributed by atoms with E-state index in [1.165, 1.54) is 0 Å². The Morgan fingerprint density at radius 2 is 2.20 bits per heavy atom. The molecule has 1 heterocycles. The summed E-state index contributed by atoms with van der Waals surface area (Å²) in [5.74, 6) is 1.46. The van der Waals surface area contributed by atoms with Crippen LogP contribution in [0, 0.1) is 11.3 Å². The molecule has 4 heteroatoms. The number of methoxy groups -OCH3 is 1. The number of nitriles is 1. The summed E-state index contributed by atoms with van der Waals surface area (Å²) >= 11 is 0. The maximum atomic E-state index is 9.08. The molecule has 1 aromatic carbocycles. The molecular weight excluding hydrogens is 250 g/mol. The van der Waals surface area contributed by atoms with Gasteiger partial charge in [0.1, 0.15) is 17.5 Å². The van der Waals surface area contributed by atoms with Gasteiger partial charge in [-0.3, -0.25) is 0 Å². The van der Waals surface area contributed by atoms with Crippen molar-refractivity contribution in [3.05, 3.63) is 35.8 Å². The number of hydrogen-bond acceptors (Lipinski definition) is 3. The van der Waals surface area contributed by atoms with E-state index in [2.05, 4.69) is 29.0 Å². The van der Waals surface area contributed by atoms with Gasteiger partial charge in [0.15, 0.2) is 0 Å². The molecule has 0 bridgehead atoms. The molecule has 0 saturated heterocycles. The Kier molecular flexibility index (Phi) is 4.41. The quantitative estimate of drug-likeness (QED) is 0.900. The molecule has 20 heavy (non-hydrogen) atoms. The molecule has 1 atom stereocenters. The number of ether oxygens (including phenoxy) is 1. The van der Waals surface area contributed by atoms with Crippen LogP contribution in [0.2, 0.25) is 0 Å². The second-order valence-corrected chi connectivity index (χ2v) is 4.65. The fraction of sp³-hybridized carbons (Fsp3) is 0.375. The van der Waals surface area contributed by atoms with Gasteiger partial charge in [0, 0.05) is 5.56 Å². The predicted octanol–water partition coefficient (Wildman–Crippen LogP) is 3.66. The zero-order valence-electron chi connectivity index (χ0n) is 12.1. The van der Waals surface area contributed by atoms with Crippen molar-refractivity contribution in [3.63, 3.8) is 0 Å². The van der Waals surface area contributed by atoms with Crippen LogP contribution in [0.25, 0.3) is 11.3 Å². The van der Waals surface area contributed by atoms with Crippen molar-refractivity contribution in [1.82, 2.24) is 9.97 Å². The van der Waals surface area contributed by atoms with Gasteiger partial charge in [-0.2, -0.15) is 5.26 Å². The van der Waals surface area contributed by atoms with Crippen molar-refractivity contribution in [1.29, 1.82) is 5.26 Å². The van der Waals surface area contributed by atoms with E-state index in [4.69, 9.17) is 10.00 Å². The first-order chi connectivity index (χ1) is 9.73. The first kappa shape index (κ1) is 14.1. The van der Waals surface area contributed by atoms with Crippen molar-refractivity contribution < 1.29 is 4.74 Å². The average Bonchev–Trinajstić information content (AvgIpc) is 2.97. The lowest BCUT2D eigenvalue weighted by molar-refractivity contribution is 0.410. The molecule has 0 amide bonds. The van der Waals surface area contributed by atoms with Crippen molar-refractivity contribution in [3.8, 4) is 23.1 Å². The summed E-state index contributed by atoms with van der Waals surface area (Å²) < 4.78 is 5.34. The van der Waals surface area contributed by atoms with E-state index in [1.807, 2.05) is 19.1 Å². The van der Waals surface area contributed by atoms with Gasteiger partial charge in [0.05, 0.1) is 25.1 Å². The van der Waals surface area contributed by atoms with Crippen molar-refractivity contribution in [2.24, 2.45) is 0 Å². The lowest BCUT2D eigenvalue weighted by atomic mass is 10.1. The molecule has 0 fully saturated rings. The summed E-state index contributed by atoms with van der Waals surface area (Å²) in [6.45, 7) is 4.08. The number of rotatable bonds is 5. The number of nitrogens with zero attached hydrogens (tertiary/aromatic N) is 2. The van der Waals surface area contributed by atoms with Crippen LogP contribution in [0.3, 0.4) is 0 Å². The van der Waals surface area contributed by atoms with E-state index < -0.39 is 0 Å². The maximum absolute atomic E-state index is 9.08. The minimum absolute atomic E-state index is 0.173. The monoisotopic (exact) mass is 269 g/mol. The van der Waals surface area contributed by atoms with Crippen LogP contribution in [0.15, 0.2) is 24.4 Å². The second kappa shape index (κ2) is 6.25. The molecule has 0 saturated carbocycles. The van der Waals surface area contributed by atoms with E-state index in [9.17, 15) is 0 Å². The minimum Gasteiger partial charge on any atom is -0.496 e. The third-order valence-corrected chi connectivity index (χ3v) is 3.46. The second-order valence-electron chi connectivity index (χ2n) is 4.65. The third kappa shape index (κ3) is 2.67. The van der Waals surface area contributed by atoms with Gasteiger partial charge < -0.3 is 9.72 Å². The highest BCUT2D eigenvalue weighted by Gasteiger charge is 2.13. The van der Waals surface area contributed by atoms with E-state index in [0.29, 0.717) is 0 Å². The number of H-pyrrole nitrogens is 1. The Bertz CT molecular complexity index is 625. The summed E-state index contributed by atoms with van der Waals surface area (Å²) in [7, 11) is 1.68. The van der Waals surface area contributed by atoms with E-state index in [-0.39, 0.29) is 5.92 Å². The Labute approximate surface area is 119 Å². The summed E-state index contributed by atoms with van der Waals surface area (Å²) in [5.41, 5.74) is 3.16. The molecule has 0 aliphatic carbocycles. The number of aryl methyl sites for hydroxylation is 1. The molecule has 1 unspecified atom stereocenters. The van der Waals surface area contributed by atoms with Crippen LogP contribution in [-0.4, -0.2) is 17.1 Å². The molecule has 0 aliphatic rings. The summed E-state index contributed by atoms with van der Waals surface area (Å²) in [6, 6.07) is 8.33. The summed E-state index contributed by atoms with van der Waals surface area (Å²) in [6.07, 6.45) is 3.46. The normalized spacial score (nSPS) is 11.9. The Balaban J connectivity index is 2.35. The van der Waals surface area contributed by atoms with Crippen molar-refractivity contribution in [2.45, 2.75) is 32.6 Å². The molecule has 2 aromatic rings. The zero-order chi connectivity index (χ0) is 14.5. The predicted molar refractivity (Wildman–Crippen MR) is 78.6 cm³/mol. The molecule has 2 rings (SSSR count). The molecule has 1 aromatic heterocycles. The average molecular weight is 269 g/mol. The lowest BCUT2D eigenvalue weighted by Gasteiger charge is -2.08. The molecule has 4 nitrogen and oxygen atoms in total.